The summed E-state index contributed by atoms with van der Waals surface area (Å²) >= 11 is 11.5. The van der Waals surface area contributed by atoms with Crippen LogP contribution in [0.4, 0.5) is 13.2 Å². The molecule has 2 aromatic rings. The Morgan fingerprint density at radius 1 is 0.824 bits per heavy atom. The molecule has 0 aliphatic carbocycles. The molecule has 0 bridgehead atoms. The number of rotatable bonds is 1. The molecular weight excluding hydrogens is 272 g/mol. The van der Waals surface area contributed by atoms with Crippen molar-refractivity contribution in [3.8, 4) is 11.1 Å². The van der Waals surface area contributed by atoms with Crippen molar-refractivity contribution in [3.05, 3.63) is 57.8 Å². The molecule has 0 N–H and O–H groups in total. The molecule has 0 spiro atoms. The van der Waals surface area contributed by atoms with Gasteiger partial charge in [0.25, 0.3) is 0 Å². The molecule has 0 aliphatic rings. The molecule has 0 atom stereocenters. The standard InChI is InChI=1S/C12H5Cl2F3/c13-6-1-2-8(10(14)3-6)9-4-7(15)5-11(16)12(9)17/h1-5H. The van der Waals surface area contributed by atoms with Crippen molar-refractivity contribution in [2.24, 2.45) is 0 Å². The summed E-state index contributed by atoms with van der Waals surface area (Å²) < 4.78 is 39.6. The summed E-state index contributed by atoms with van der Waals surface area (Å²) in [6.07, 6.45) is 0. The van der Waals surface area contributed by atoms with E-state index in [1.165, 1.54) is 18.2 Å². The van der Waals surface area contributed by atoms with Crippen molar-refractivity contribution in [1.82, 2.24) is 0 Å². The summed E-state index contributed by atoms with van der Waals surface area (Å²) in [5.74, 6) is -3.27. The third-order valence-corrected chi connectivity index (χ3v) is 2.76. The lowest BCUT2D eigenvalue weighted by Gasteiger charge is -2.07. The zero-order valence-corrected chi connectivity index (χ0v) is 9.79. The van der Waals surface area contributed by atoms with E-state index in [-0.39, 0.29) is 16.1 Å². The van der Waals surface area contributed by atoms with Gasteiger partial charge < -0.3 is 0 Å². The van der Waals surface area contributed by atoms with Crippen LogP contribution in [0.2, 0.25) is 10.0 Å². The Morgan fingerprint density at radius 2 is 1.53 bits per heavy atom. The summed E-state index contributed by atoms with van der Waals surface area (Å²) in [4.78, 5) is 0. The molecule has 0 radical (unpaired) electrons. The maximum atomic E-state index is 13.5. The summed E-state index contributed by atoms with van der Waals surface area (Å²) in [6, 6.07) is 5.60. The number of hydrogen-bond donors (Lipinski definition) is 0. The Hall–Kier alpha value is -1.19. The van der Waals surface area contributed by atoms with Crippen LogP contribution in [-0.2, 0) is 0 Å². The average Bonchev–Trinajstić information content (AvgIpc) is 2.24. The molecule has 88 valence electrons. The van der Waals surface area contributed by atoms with E-state index in [4.69, 9.17) is 23.2 Å². The largest absolute Gasteiger partial charge is 0.207 e. The van der Waals surface area contributed by atoms with Crippen LogP contribution < -0.4 is 0 Å². The van der Waals surface area contributed by atoms with Crippen LogP contribution in [-0.4, -0.2) is 0 Å². The molecular formula is C12H5Cl2F3. The predicted molar refractivity (Wildman–Crippen MR) is 61.8 cm³/mol. The molecule has 0 aliphatic heterocycles. The van der Waals surface area contributed by atoms with E-state index < -0.39 is 17.5 Å². The number of hydrogen-bond acceptors (Lipinski definition) is 0. The van der Waals surface area contributed by atoms with Crippen molar-refractivity contribution in [2.45, 2.75) is 0 Å². The summed E-state index contributed by atoms with van der Waals surface area (Å²) in [5.41, 5.74) is -0.0452. The zero-order chi connectivity index (χ0) is 12.6. The lowest BCUT2D eigenvalue weighted by Crippen LogP contribution is -1.92. The summed E-state index contributed by atoms with van der Waals surface area (Å²) in [6.45, 7) is 0. The molecule has 5 heteroatoms. The van der Waals surface area contributed by atoms with Crippen molar-refractivity contribution in [2.75, 3.05) is 0 Å². The highest BCUT2D eigenvalue weighted by Gasteiger charge is 2.15. The van der Waals surface area contributed by atoms with E-state index in [9.17, 15) is 13.2 Å². The van der Waals surface area contributed by atoms with Crippen LogP contribution in [0.5, 0.6) is 0 Å². The molecule has 0 amide bonds. The Morgan fingerprint density at radius 3 is 2.18 bits per heavy atom. The fourth-order valence-corrected chi connectivity index (χ4v) is 1.97. The van der Waals surface area contributed by atoms with Crippen LogP contribution in [0.25, 0.3) is 11.1 Å². The van der Waals surface area contributed by atoms with Crippen LogP contribution >= 0.6 is 23.2 Å². The SMILES string of the molecule is Fc1cc(F)c(F)c(-c2ccc(Cl)cc2Cl)c1. The van der Waals surface area contributed by atoms with Crippen molar-refractivity contribution < 1.29 is 13.2 Å². The molecule has 0 saturated heterocycles. The van der Waals surface area contributed by atoms with Gasteiger partial charge in [-0.1, -0.05) is 29.3 Å². The van der Waals surface area contributed by atoms with E-state index in [0.717, 1.165) is 6.07 Å². The Kier molecular flexibility index (Phi) is 3.31. The minimum absolute atomic E-state index is 0.126. The van der Waals surface area contributed by atoms with Gasteiger partial charge in [-0.25, -0.2) is 13.2 Å². The third kappa shape index (κ3) is 2.40. The smallest absolute Gasteiger partial charge is 0.166 e. The minimum Gasteiger partial charge on any atom is -0.207 e. The molecule has 0 saturated carbocycles. The zero-order valence-electron chi connectivity index (χ0n) is 8.28. The molecule has 17 heavy (non-hydrogen) atoms. The maximum absolute atomic E-state index is 13.5. The first-order chi connectivity index (χ1) is 7.99. The van der Waals surface area contributed by atoms with E-state index in [0.29, 0.717) is 11.1 Å². The molecule has 2 rings (SSSR count). The second kappa shape index (κ2) is 4.59. The quantitative estimate of drug-likeness (QED) is 0.638. The van der Waals surface area contributed by atoms with Gasteiger partial charge in [-0.15, -0.1) is 0 Å². The van der Waals surface area contributed by atoms with Gasteiger partial charge in [-0.2, -0.15) is 0 Å². The van der Waals surface area contributed by atoms with Gasteiger partial charge in [-0.05, 0) is 18.2 Å². The fourth-order valence-electron chi connectivity index (χ4n) is 1.46. The fraction of sp³-hybridized carbons (Fsp3) is 0. The highest BCUT2D eigenvalue weighted by Crippen LogP contribution is 2.33. The van der Waals surface area contributed by atoms with E-state index in [1.807, 2.05) is 0 Å². The normalized spacial score (nSPS) is 10.6. The Labute approximate surface area is 106 Å². The van der Waals surface area contributed by atoms with Crippen LogP contribution in [0.3, 0.4) is 0 Å². The Balaban J connectivity index is 2.68. The molecule has 0 aromatic heterocycles. The molecule has 0 nitrogen and oxygen atoms in total. The van der Waals surface area contributed by atoms with E-state index >= 15 is 0 Å². The summed E-state index contributed by atoms with van der Waals surface area (Å²) in [7, 11) is 0. The van der Waals surface area contributed by atoms with Gasteiger partial charge in [-0.3, -0.25) is 0 Å². The van der Waals surface area contributed by atoms with Gasteiger partial charge in [0.1, 0.15) is 5.82 Å². The topological polar surface area (TPSA) is 0 Å². The van der Waals surface area contributed by atoms with Gasteiger partial charge >= 0.3 is 0 Å². The van der Waals surface area contributed by atoms with Gasteiger partial charge in [0, 0.05) is 27.2 Å². The molecule has 0 heterocycles. The first kappa shape index (κ1) is 12.3. The van der Waals surface area contributed by atoms with Crippen LogP contribution in [0.1, 0.15) is 0 Å². The lowest BCUT2D eigenvalue weighted by atomic mass is 10.0. The van der Waals surface area contributed by atoms with Crippen molar-refractivity contribution in [3.63, 3.8) is 0 Å². The van der Waals surface area contributed by atoms with Gasteiger partial charge in [0.15, 0.2) is 11.6 Å². The second-order valence-corrected chi connectivity index (χ2v) is 4.22. The molecule has 0 fully saturated rings. The van der Waals surface area contributed by atoms with Crippen LogP contribution in [0.15, 0.2) is 30.3 Å². The van der Waals surface area contributed by atoms with Crippen LogP contribution in [0, 0.1) is 17.5 Å². The van der Waals surface area contributed by atoms with Gasteiger partial charge in [0.2, 0.25) is 0 Å². The second-order valence-electron chi connectivity index (χ2n) is 3.37. The van der Waals surface area contributed by atoms with E-state index in [2.05, 4.69) is 0 Å². The van der Waals surface area contributed by atoms with E-state index in [1.54, 1.807) is 0 Å². The highest BCUT2D eigenvalue weighted by atomic mass is 35.5. The minimum atomic E-state index is -1.26. The molecule has 0 unspecified atom stereocenters. The number of halogens is 5. The van der Waals surface area contributed by atoms with Crippen molar-refractivity contribution in [1.29, 1.82) is 0 Å². The predicted octanol–water partition coefficient (Wildman–Crippen LogP) is 5.08. The number of benzene rings is 2. The first-order valence-corrected chi connectivity index (χ1v) is 5.34. The van der Waals surface area contributed by atoms with Gasteiger partial charge in [0.05, 0.1) is 0 Å². The Bertz CT molecular complexity index is 582. The first-order valence-electron chi connectivity index (χ1n) is 4.59. The van der Waals surface area contributed by atoms with Crippen molar-refractivity contribution >= 4 is 23.2 Å². The summed E-state index contributed by atoms with van der Waals surface area (Å²) in [5, 5.41) is 0.484. The maximum Gasteiger partial charge on any atom is 0.166 e. The highest BCUT2D eigenvalue weighted by molar-refractivity contribution is 6.36. The third-order valence-electron chi connectivity index (χ3n) is 2.21. The lowest BCUT2D eigenvalue weighted by molar-refractivity contribution is 0.497. The molecule has 2 aromatic carbocycles. The average molecular weight is 277 g/mol. The monoisotopic (exact) mass is 276 g/mol.